The fourth-order valence-corrected chi connectivity index (χ4v) is 5.36. The van der Waals surface area contributed by atoms with Crippen molar-refractivity contribution in [2.24, 2.45) is 11.7 Å². The van der Waals surface area contributed by atoms with Crippen molar-refractivity contribution in [1.82, 2.24) is 19.4 Å². The molecule has 6 heterocycles. The molecule has 0 bridgehead atoms. The number of likely N-dealkylation sites (tertiary alicyclic amines) is 1. The van der Waals surface area contributed by atoms with E-state index in [1.54, 1.807) is 34.9 Å². The molecule has 13 nitrogen and oxygen atoms in total. The normalized spacial score (nSPS) is 20.5. The minimum Gasteiger partial charge on any atom is -0.480 e. The van der Waals surface area contributed by atoms with Crippen LogP contribution in [-0.2, 0) is 16.1 Å². The third kappa shape index (κ3) is 5.29. The van der Waals surface area contributed by atoms with Crippen LogP contribution in [0.3, 0.4) is 0 Å². The minimum absolute atomic E-state index is 0.0598. The Kier molecular flexibility index (Phi) is 7.22. The third-order valence-electron chi connectivity index (χ3n) is 7.34. The lowest BCUT2D eigenvalue weighted by atomic mass is 10.0. The molecule has 0 radical (unpaired) electrons. The molecule has 2 atom stereocenters. The molecule has 2 amide bonds. The molecule has 6 rings (SSSR count). The number of ether oxygens (including phenoxy) is 3. The maximum Gasteiger partial charge on any atom is 0.415 e. The number of aryl methyl sites for hydroxylation is 1. The van der Waals surface area contributed by atoms with E-state index in [-0.39, 0.29) is 30.1 Å². The summed E-state index contributed by atoms with van der Waals surface area (Å²) in [4.78, 5) is 49.9. The maximum atomic E-state index is 12.8. The number of rotatable bonds is 9. The zero-order valence-corrected chi connectivity index (χ0v) is 22.0. The van der Waals surface area contributed by atoms with E-state index in [1.807, 2.05) is 6.07 Å². The van der Waals surface area contributed by atoms with Gasteiger partial charge in [-0.2, -0.15) is 4.98 Å². The highest BCUT2D eigenvalue weighted by Crippen LogP contribution is 2.33. The van der Waals surface area contributed by atoms with Gasteiger partial charge in [-0.25, -0.2) is 9.78 Å². The number of anilines is 2. The van der Waals surface area contributed by atoms with Crippen LogP contribution in [0.15, 0.2) is 41.2 Å². The summed E-state index contributed by atoms with van der Waals surface area (Å²) in [7, 11) is 0. The summed E-state index contributed by atoms with van der Waals surface area (Å²) in [5.41, 5.74) is 6.02. The van der Waals surface area contributed by atoms with Crippen LogP contribution in [-0.4, -0.2) is 83.5 Å². The Bertz CT molecular complexity index is 1490. The number of fused-ring (bicyclic) bond motifs is 3. The quantitative estimate of drug-likeness (QED) is 0.372. The summed E-state index contributed by atoms with van der Waals surface area (Å²) in [5.74, 6) is 1.46. The number of nitrogens with two attached hydrogens (primary N) is 1. The first-order valence-electron chi connectivity index (χ1n) is 13.5. The van der Waals surface area contributed by atoms with Gasteiger partial charge < -0.3 is 25.3 Å². The molecule has 0 spiro atoms. The monoisotopic (exact) mass is 549 g/mol. The SMILES string of the molecule is NCCCOc1ccc2ccc(=O)n(CCCN3C[C@@H]4CN(c5ccc6c(n5)NC(=O)CO6)C(=O)O[C@H]4C3)c2n1. The van der Waals surface area contributed by atoms with Crippen molar-refractivity contribution in [2.45, 2.75) is 25.5 Å². The molecule has 3 aliphatic heterocycles. The zero-order chi connectivity index (χ0) is 27.6. The number of nitrogens with one attached hydrogen (secondary N) is 1. The number of hydrogen-bond donors (Lipinski definition) is 2. The average Bonchev–Trinajstić information content (AvgIpc) is 3.35. The van der Waals surface area contributed by atoms with Crippen molar-refractivity contribution in [1.29, 1.82) is 0 Å². The highest BCUT2D eigenvalue weighted by molar-refractivity contribution is 5.95. The molecule has 2 saturated heterocycles. The van der Waals surface area contributed by atoms with Gasteiger partial charge in [-0.1, -0.05) is 0 Å². The first-order valence-corrected chi connectivity index (χ1v) is 13.5. The van der Waals surface area contributed by atoms with Crippen molar-refractivity contribution in [2.75, 3.05) is 56.2 Å². The van der Waals surface area contributed by atoms with Crippen molar-refractivity contribution in [3.8, 4) is 11.6 Å². The Morgan fingerprint density at radius 2 is 1.88 bits per heavy atom. The molecule has 0 unspecified atom stereocenters. The van der Waals surface area contributed by atoms with E-state index in [9.17, 15) is 14.4 Å². The van der Waals surface area contributed by atoms with Gasteiger partial charge >= 0.3 is 6.09 Å². The summed E-state index contributed by atoms with van der Waals surface area (Å²) in [6.07, 6.45) is 0.779. The number of amides is 2. The van der Waals surface area contributed by atoms with Gasteiger partial charge in [0.15, 0.2) is 18.2 Å². The van der Waals surface area contributed by atoms with E-state index < -0.39 is 6.09 Å². The first-order chi connectivity index (χ1) is 19.5. The molecule has 3 aromatic rings. The zero-order valence-electron chi connectivity index (χ0n) is 22.0. The molecule has 210 valence electrons. The third-order valence-corrected chi connectivity index (χ3v) is 7.34. The van der Waals surface area contributed by atoms with Gasteiger partial charge in [-0.15, -0.1) is 0 Å². The fourth-order valence-electron chi connectivity index (χ4n) is 5.36. The second-order valence-corrected chi connectivity index (χ2v) is 10.1. The van der Waals surface area contributed by atoms with Crippen molar-refractivity contribution < 1.29 is 23.8 Å². The summed E-state index contributed by atoms with van der Waals surface area (Å²) < 4.78 is 18.5. The van der Waals surface area contributed by atoms with Gasteiger partial charge in [-0.05, 0) is 43.7 Å². The number of carbonyl (C=O) groups excluding carboxylic acids is 2. The molecule has 40 heavy (non-hydrogen) atoms. The lowest BCUT2D eigenvalue weighted by Gasteiger charge is -2.33. The van der Waals surface area contributed by atoms with Crippen LogP contribution in [0.25, 0.3) is 11.0 Å². The van der Waals surface area contributed by atoms with Crippen LogP contribution in [0.5, 0.6) is 11.6 Å². The summed E-state index contributed by atoms with van der Waals surface area (Å²) in [6, 6.07) is 10.4. The fraction of sp³-hybridized carbons (Fsp3) is 0.444. The van der Waals surface area contributed by atoms with Crippen LogP contribution < -0.4 is 31.0 Å². The van der Waals surface area contributed by atoms with Gasteiger partial charge in [0.25, 0.3) is 11.5 Å². The molecule has 2 fully saturated rings. The predicted molar refractivity (Wildman–Crippen MR) is 146 cm³/mol. The van der Waals surface area contributed by atoms with Crippen LogP contribution in [0.1, 0.15) is 12.8 Å². The summed E-state index contributed by atoms with van der Waals surface area (Å²) in [6.45, 7) is 4.03. The number of pyridine rings is 3. The van der Waals surface area contributed by atoms with E-state index in [2.05, 4.69) is 20.2 Å². The smallest absolute Gasteiger partial charge is 0.415 e. The molecule has 0 aliphatic carbocycles. The molecular formula is C27H31N7O6. The Morgan fingerprint density at radius 1 is 1.00 bits per heavy atom. The standard InChI is InChI=1S/C27H31N7O6/c28-9-1-12-38-23-7-3-17-4-8-24(36)33(26(17)31-23)11-2-10-32-13-18-14-34(27(37)40-20(18)15-32)21-6-5-19-25(29-21)30-22(35)16-39-19/h3-8,18,20H,1-2,9-16,28H2,(H,29,30,35)/t18-,20+/m1/s1. The number of hydrogen-bond acceptors (Lipinski definition) is 10. The minimum atomic E-state index is -0.462. The van der Waals surface area contributed by atoms with Crippen molar-refractivity contribution >= 4 is 34.7 Å². The molecule has 13 heteroatoms. The van der Waals surface area contributed by atoms with Gasteiger partial charge in [0.1, 0.15) is 17.6 Å². The highest BCUT2D eigenvalue weighted by atomic mass is 16.6. The summed E-state index contributed by atoms with van der Waals surface area (Å²) >= 11 is 0. The van der Waals surface area contributed by atoms with E-state index in [0.717, 1.165) is 31.3 Å². The Balaban J connectivity index is 1.08. The average molecular weight is 550 g/mol. The molecule has 3 N–H and O–H groups in total. The second kappa shape index (κ2) is 11.1. The van der Waals surface area contributed by atoms with Gasteiger partial charge in [0.05, 0.1) is 6.61 Å². The highest BCUT2D eigenvalue weighted by Gasteiger charge is 2.43. The van der Waals surface area contributed by atoms with Crippen LogP contribution >= 0.6 is 0 Å². The lowest BCUT2D eigenvalue weighted by molar-refractivity contribution is -0.118. The maximum absolute atomic E-state index is 12.8. The lowest BCUT2D eigenvalue weighted by Crippen LogP contribution is -2.48. The number of carbonyl (C=O) groups is 2. The Hall–Kier alpha value is -4.23. The first kappa shape index (κ1) is 26.0. The largest absolute Gasteiger partial charge is 0.480 e. The van der Waals surface area contributed by atoms with Crippen LogP contribution in [0.4, 0.5) is 16.4 Å². The predicted octanol–water partition coefficient (Wildman–Crippen LogP) is 1.20. The van der Waals surface area contributed by atoms with Crippen molar-refractivity contribution in [3.05, 3.63) is 46.8 Å². The van der Waals surface area contributed by atoms with E-state index >= 15 is 0 Å². The van der Waals surface area contributed by atoms with Gasteiger partial charge in [0, 0.05) is 56.2 Å². The van der Waals surface area contributed by atoms with Crippen LogP contribution in [0.2, 0.25) is 0 Å². The Labute approximate surface area is 229 Å². The van der Waals surface area contributed by atoms with E-state index in [1.165, 1.54) is 4.90 Å². The molecule has 3 aliphatic rings. The molecule has 0 saturated carbocycles. The molecule has 0 aromatic carbocycles. The number of aromatic nitrogens is 3. The number of nitrogens with zero attached hydrogens (tertiary/aromatic N) is 5. The Morgan fingerprint density at radius 3 is 2.75 bits per heavy atom. The van der Waals surface area contributed by atoms with Gasteiger partial charge in [0.2, 0.25) is 5.88 Å². The topological polar surface area (TPSA) is 154 Å². The van der Waals surface area contributed by atoms with Crippen LogP contribution in [0, 0.1) is 5.92 Å². The molecule has 3 aromatic heterocycles. The van der Waals surface area contributed by atoms with E-state index in [0.29, 0.717) is 61.7 Å². The second-order valence-electron chi connectivity index (χ2n) is 10.1. The van der Waals surface area contributed by atoms with Crippen molar-refractivity contribution in [3.63, 3.8) is 0 Å². The molecular weight excluding hydrogens is 518 g/mol. The van der Waals surface area contributed by atoms with E-state index in [4.69, 9.17) is 19.9 Å². The van der Waals surface area contributed by atoms with Gasteiger partial charge in [-0.3, -0.25) is 24.0 Å². The summed E-state index contributed by atoms with van der Waals surface area (Å²) in [5, 5.41) is 3.54.